The van der Waals surface area contributed by atoms with Crippen LogP contribution in [-0.2, 0) is 0 Å². The fourth-order valence-electron chi connectivity index (χ4n) is 10.2. The lowest BCUT2D eigenvalue weighted by Gasteiger charge is -2.36. The smallest absolute Gasteiger partial charge is 0.180 e. The van der Waals surface area contributed by atoms with E-state index in [-0.39, 0.29) is 0 Å². The first-order valence-electron chi connectivity index (χ1n) is 20.4. The van der Waals surface area contributed by atoms with Crippen molar-refractivity contribution >= 4 is 94.0 Å². The molecule has 0 aliphatic carbocycles. The Balaban J connectivity index is 1.16. The molecule has 0 atom stereocenters. The minimum Gasteiger partial charge on any atom is -0.309 e. The molecule has 0 amide bonds. The summed E-state index contributed by atoms with van der Waals surface area (Å²) in [7, 11) is -3.08. The second-order valence-corrected chi connectivity index (χ2v) is 19.4. The molecular formula is C56H38N2Si. The normalized spacial score (nSPS) is 12.1. The topological polar surface area (TPSA) is 9.86 Å². The largest absolute Gasteiger partial charge is 0.309 e. The van der Waals surface area contributed by atoms with Crippen molar-refractivity contribution in [3.8, 4) is 11.4 Å². The van der Waals surface area contributed by atoms with Crippen molar-refractivity contribution in [1.29, 1.82) is 0 Å². The van der Waals surface area contributed by atoms with Crippen molar-refractivity contribution in [2.75, 3.05) is 0 Å². The van der Waals surface area contributed by atoms with E-state index < -0.39 is 8.07 Å². The minimum atomic E-state index is -3.08. The molecule has 0 spiro atoms. The molecule has 10 aromatic carbocycles. The fourth-order valence-corrected chi connectivity index (χ4v) is 15.3. The second-order valence-electron chi connectivity index (χ2n) is 15.6. The maximum Gasteiger partial charge on any atom is 0.180 e. The van der Waals surface area contributed by atoms with Crippen LogP contribution >= 0.6 is 0 Å². The lowest BCUT2D eigenvalue weighted by atomic mass is 10.1. The lowest BCUT2D eigenvalue weighted by Crippen LogP contribution is -2.75. The molecule has 2 heterocycles. The maximum absolute atomic E-state index is 3.08. The van der Waals surface area contributed by atoms with Crippen LogP contribution in [0.1, 0.15) is 0 Å². The van der Waals surface area contributed by atoms with Gasteiger partial charge in [0.05, 0.1) is 22.1 Å². The van der Waals surface area contributed by atoms with Gasteiger partial charge in [0.1, 0.15) is 0 Å². The molecule has 0 unspecified atom stereocenters. The van der Waals surface area contributed by atoms with Crippen molar-refractivity contribution in [3.63, 3.8) is 0 Å². The minimum absolute atomic E-state index is 1.16. The van der Waals surface area contributed by atoms with E-state index >= 15 is 0 Å². The number of hydrogen-bond acceptors (Lipinski definition) is 0. The zero-order chi connectivity index (χ0) is 38.9. The molecule has 59 heavy (non-hydrogen) atoms. The molecule has 0 radical (unpaired) electrons. The standard InChI is InChI=1S/C56H38N2Si/c1-3-19-45-39(15-1)17-13-29-55(45)59(56-30-14-18-40-16-2-4-20-46(40)56,43-35-31-41(32-36-43)57-51-25-9-5-21-47(51)48-22-6-10-26-52(48)57)44-37-33-42(34-38-44)58-53-27-11-7-23-49(53)50-24-8-12-28-54(50)58/h1-38H. The van der Waals surface area contributed by atoms with Gasteiger partial charge in [-0.3, -0.25) is 0 Å². The SMILES string of the molecule is c1ccc2c([Si](c3ccc(-n4c5ccccc5c5ccccc54)cc3)(c3ccc(-n4c5ccccc5c5ccccc54)cc3)c3cccc4ccccc34)cccc2c1. The molecule has 0 bridgehead atoms. The van der Waals surface area contributed by atoms with Crippen LogP contribution in [-0.4, -0.2) is 17.2 Å². The highest BCUT2D eigenvalue weighted by Crippen LogP contribution is 2.34. The third kappa shape index (κ3) is 4.99. The van der Waals surface area contributed by atoms with Gasteiger partial charge < -0.3 is 9.13 Å². The third-order valence-corrected chi connectivity index (χ3v) is 17.6. The Bertz CT molecular complexity index is 3200. The summed E-state index contributed by atoms with van der Waals surface area (Å²) in [6.45, 7) is 0. The Morgan fingerprint density at radius 3 is 0.881 bits per heavy atom. The predicted molar refractivity (Wildman–Crippen MR) is 254 cm³/mol. The lowest BCUT2D eigenvalue weighted by molar-refractivity contribution is 1.18. The van der Waals surface area contributed by atoms with Crippen molar-refractivity contribution in [2.45, 2.75) is 0 Å². The molecular weight excluding hydrogens is 729 g/mol. The van der Waals surface area contributed by atoms with Crippen LogP contribution in [0.3, 0.4) is 0 Å². The highest BCUT2D eigenvalue weighted by atomic mass is 28.3. The first-order chi connectivity index (χ1) is 29.3. The summed E-state index contributed by atoms with van der Waals surface area (Å²) in [5, 5.41) is 15.7. The molecule has 12 aromatic rings. The summed E-state index contributed by atoms with van der Waals surface area (Å²) < 4.78 is 4.85. The summed E-state index contributed by atoms with van der Waals surface area (Å²) in [5.74, 6) is 0. The van der Waals surface area contributed by atoms with Gasteiger partial charge in [0.25, 0.3) is 0 Å². The van der Waals surface area contributed by atoms with E-state index in [9.17, 15) is 0 Å². The fraction of sp³-hybridized carbons (Fsp3) is 0. The van der Waals surface area contributed by atoms with E-state index in [1.807, 2.05) is 0 Å². The number of para-hydroxylation sites is 4. The van der Waals surface area contributed by atoms with Crippen LogP contribution in [0.4, 0.5) is 0 Å². The van der Waals surface area contributed by atoms with Gasteiger partial charge in [0, 0.05) is 32.9 Å². The number of aromatic nitrogens is 2. The molecule has 276 valence electrons. The second kappa shape index (κ2) is 13.3. The zero-order valence-electron chi connectivity index (χ0n) is 32.3. The highest BCUT2D eigenvalue weighted by Gasteiger charge is 2.43. The Hall–Kier alpha value is -7.46. The zero-order valence-corrected chi connectivity index (χ0v) is 33.3. The van der Waals surface area contributed by atoms with Crippen LogP contribution in [0.15, 0.2) is 231 Å². The van der Waals surface area contributed by atoms with E-state index in [2.05, 4.69) is 240 Å². The summed E-state index contributed by atoms with van der Waals surface area (Å²) in [6, 6.07) is 86.1. The van der Waals surface area contributed by atoms with Gasteiger partial charge in [0.15, 0.2) is 8.07 Å². The van der Waals surface area contributed by atoms with Crippen LogP contribution in [0, 0.1) is 0 Å². The monoisotopic (exact) mass is 766 g/mol. The van der Waals surface area contributed by atoms with Crippen LogP contribution in [0.2, 0.25) is 0 Å². The molecule has 3 heteroatoms. The molecule has 0 fully saturated rings. The molecule has 12 rings (SSSR count). The average molecular weight is 767 g/mol. The maximum atomic E-state index is 2.44. The van der Waals surface area contributed by atoms with Gasteiger partial charge in [-0.1, -0.05) is 182 Å². The molecule has 2 aromatic heterocycles. The van der Waals surface area contributed by atoms with E-state index in [0.29, 0.717) is 0 Å². The van der Waals surface area contributed by atoms with Gasteiger partial charge in [-0.25, -0.2) is 0 Å². The Morgan fingerprint density at radius 2 is 0.525 bits per heavy atom. The van der Waals surface area contributed by atoms with Crippen LogP contribution in [0.5, 0.6) is 0 Å². The predicted octanol–water partition coefficient (Wildman–Crippen LogP) is 11.6. The first-order valence-corrected chi connectivity index (χ1v) is 22.4. The Morgan fingerprint density at radius 1 is 0.237 bits per heavy atom. The van der Waals surface area contributed by atoms with E-state index in [1.165, 1.54) is 85.9 Å². The Labute approximate surface area is 343 Å². The molecule has 0 saturated carbocycles. The first kappa shape index (κ1) is 33.7. The van der Waals surface area contributed by atoms with Gasteiger partial charge in [0.2, 0.25) is 0 Å². The molecule has 0 N–H and O–H groups in total. The number of hydrogen-bond donors (Lipinski definition) is 0. The number of benzene rings is 10. The summed E-state index contributed by atoms with van der Waals surface area (Å²) in [6.07, 6.45) is 0. The molecule has 0 aliphatic heterocycles. The van der Waals surface area contributed by atoms with Gasteiger partial charge in [-0.2, -0.15) is 0 Å². The summed E-state index contributed by atoms with van der Waals surface area (Å²) in [4.78, 5) is 0. The van der Waals surface area contributed by atoms with E-state index in [0.717, 1.165) is 11.4 Å². The summed E-state index contributed by atoms with van der Waals surface area (Å²) >= 11 is 0. The van der Waals surface area contributed by atoms with E-state index in [1.54, 1.807) is 0 Å². The van der Waals surface area contributed by atoms with Crippen LogP contribution in [0.25, 0.3) is 76.5 Å². The highest BCUT2D eigenvalue weighted by molar-refractivity contribution is 7.21. The average Bonchev–Trinajstić information content (AvgIpc) is 3.83. The van der Waals surface area contributed by atoms with Gasteiger partial charge >= 0.3 is 0 Å². The van der Waals surface area contributed by atoms with E-state index in [4.69, 9.17) is 0 Å². The van der Waals surface area contributed by atoms with Crippen molar-refractivity contribution < 1.29 is 0 Å². The number of nitrogens with zero attached hydrogens (tertiary/aromatic N) is 2. The van der Waals surface area contributed by atoms with Crippen molar-refractivity contribution in [1.82, 2.24) is 9.13 Å². The molecule has 2 nitrogen and oxygen atoms in total. The Kier molecular flexibility index (Phi) is 7.59. The van der Waals surface area contributed by atoms with Crippen LogP contribution < -0.4 is 20.7 Å². The third-order valence-electron chi connectivity index (χ3n) is 12.7. The number of rotatable bonds is 6. The van der Waals surface area contributed by atoms with Crippen molar-refractivity contribution in [3.05, 3.63) is 231 Å². The number of fused-ring (bicyclic) bond motifs is 8. The molecule has 0 saturated heterocycles. The molecule has 0 aliphatic rings. The summed E-state index contributed by atoms with van der Waals surface area (Å²) in [5.41, 5.74) is 7.18. The quantitative estimate of drug-likeness (QED) is 0.118. The van der Waals surface area contributed by atoms with Crippen molar-refractivity contribution in [2.24, 2.45) is 0 Å². The van der Waals surface area contributed by atoms with Gasteiger partial charge in [-0.15, -0.1) is 0 Å². The van der Waals surface area contributed by atoms with Gasteiger partial charge in [-0.05, 0) is 90.8 Å².